The van der Waals surface area contributed by atoms with Crippen LogP contribution in [-0.2, 0) is 30.3 Å². The maximum atomic E-state index is 12.2. The van der Waals surface area contributed by atoms with Crippen molar-refractivity contribution < 1.29 is 23.9 Å². The van der Waals surface area contributed by atoms with Crippen LogP contribution in [-0.4, -0.2) is 36.2 Å². The number of carbonyl (C=O) groups is 4. The number of hydrogen-bond donors (Lipinski definition) is 2. The molecule has 0 unspecified atom stereocenters. The number of hydrogen-bond acceptors (Lipinski definition) is 5. The third kappa shape index (κ3) is 7.87. The fraction of sp³-hybridized carbons (Fsp3) is 0.304. The van der Waals surface area contributed by atoms with Crippen molar-refractivity contribution >= 4 is 23.6 Å². The van der Waals surface area contributed by atoms with E-state index in [-0.39, 0.29) is 18.1 Å². The summed E-state index contributed by atoms with van der Waals surface area (Å²) in [5.41, 5.74) is 1.67. The number of carbonyl (C=O) groups excluding carboxylic acids is 4. The van der Waals surface area contributed by atoms with Crippen LogP contribution < -0.4 is 10.6 Å². The van der Waals surface area contributed by atoms with Crippen LogP contribution >= 0.6 is 0 Å². The van der Waals surface area contributed by atoms with Crippen LogP contribution in [0.25, 0.3) is 0 Å². The molecule has 7 nitrogen and oxygen atoms in total. The van der Waals surface area contributed by atoms with Crippen molar-refractivity contribution in [2.75, 3.05) is 6.61 Å². The Morgan fingerprint density at radius 2 is 1.47 bits per heavy atom. The van der Waals surface area contributed by atoms with Crippen LogP contribution in [0.1, 0.15) is 37.4 Å². The second kappa shape index (κ2) is 11.5. The summed E-state index contributed by atoms with van der Waals surface area (Å²) in [4.78, 5) is 47.7. The molecule has 158 valence electrons. The second-order valence-electron chi connectivity index (χ2n) is 6.95. The standard InChI is InChI=1S/C23H26N2O5/c1-16(26)20(13-18-9-5-3-6-10-18)25-22(28)15-30-23(29)14-21(24-17(2)27)19-11-7-4-8-12-19/h3-12,20-21H,13-15H2,1-2H3,(H,24,27)(H,25,28)/t20-,21-/m1/s1. The molecule has 0 fully saturated rings. The number of esters is 1. The van der Waals surface area contributed by atoms with Crippen LogP contribution in [0.15, 0.2) is 60.7 Å². The first-order chi connectivity index (χ1) is 14.3. The molecule has 0 saturated carbocycles. The summed E-state index contributed by atoms with van der Waals surface area (Å²) in [6, 6.07) is 17.1. The predicted molar refractivity (Wildman–Crippen MR) is 111 cm³/mol. The van der Waals surface area contributed by atoms with Gasteiger partial charge < -0.3 is 15.4 Å². The van der Waals surface area contributed by atoms with Gasteiger partial charge in [0.2, 0.25) is 5.91 Å². The quantitative estimate of drug-likeness (QED) is 0.584. The van der Waals surface area contributed by atoms with E-state index in [2.05, 4.69) is 10.6 Å². The van der Waals surface area contributed by atoms with Gasteiger partial charge >= 0.3 is 5.97 Å². The van der Waals surface area contributed by atoms with E-state index in [9.17, 15) is 19.2 Å². The molecule has 0 heterocycles. The van der Waals surface area contributed by atoms with Crippen LogP contribution in [0.2, 0.25) is 0 Å². The minimum absolute atomic E-state index is 0.114. The van der Waals surface area contributed by atoms with Crippen molar-refractivity contribution in [1.29, 1.82) is 0 Å². The molecule has 0 bridgehead atoms. The van der Waals surface area contributed by atoms with E-state index in [1.54, 1.807) is 24.3 Å². The molecule has 0 aromatic heterocycles. The molecule has 2 aromatic carbocycles. The van der Waals surface area contributed by atoms with Crippen molar-refractivity contribution in [1.82, 2.24) is 10.6 Å². The predicted octanol–water partition coefficient (Wildman–Crippen LogP) is 2.11. The van der Waals surface area contributed by atoms with E-state index in [1.807, 2.05) is 36.4 Å². The van der Waals surface area contributed by atoms with Crippen LogP contribution in [0.3, 0.4) is 0 Å². The van der Waals surface area contributed by atoms with Crippen LogP contribution in [0, 0.1) is 0 Å². The van der Waals surface area contributed by atoms with Crippen molar-refractivity contribution in [2.24, 2.45) is 0 Å². The van der Waals surface area contributed by atoms with Gasteiger partial charge in [0.25, 0.3) is 5.91 Å². The largest absolute Gasteiger partial charge is 0.456 e. The minimum atomic E-state index is -0.699. The lowest BCUT2D eigenvalue weighted by atomic mass is 10.0. The monoisotopic (exact) mass is 410 g/mol. The number of ether oxygens (including phenoxy) is 1. The van der Waals surface area contributed by atoms with Gasteiger partial charge in [-0.2, -0.15) is 0 Å². The highest BCUT2D eigenvalue weighted by atomic mass is 16.5. The lowest BCUT2D eigenvalue weighted by molar-refractivity contribution is -0.149. The maximum Gasteiger partial charge on any atom is 0.308 e. The average Bonchev–Trinajstić information content (AvgIpc) is 2.72. The molecule has 2 aromatic rings. The summed E-state index contributed by atoms with van der Waals surface area (Å²) in [7, 11) is 0. The molecular weight excluding hydrogens is 384 g/mol. The second-order valence-corrected chi connectivity index (χ2v) is 6.95. The molecular formula is C23H26N2O5. The van der Waals surface area contributed by atoms with E-state index < -0.39 is 30.6 Å². The zero-order chi connectivity index (χ0) is 21.9. The van der Waals surface area contributed by atoms with Crippen LogP contribution in [0.5, 0.6) is 0 Å². The normalized spacial score (nSPS) is 12.3. The molecule has 2 atom stereocenters. The highest BCUT2D eigenvalue weighted by Crippen LogP contribution is 2.17. The van der Waals surface area contributed by atoms with E-state index in [0.717, 1.165) is 11.1 Å². The Kier molecular flexibility index (Phi) is 8.75. The molecule has 0 spiro atoms. The van der Waals surface area contributed by atoms with Crippen molar-refractivity contribution in [2.45, 2.75) is 38.8 Å². The molecule has 2 amide bonds. The lowest BCUT2D eigenvalue weighted by Gasteiger charge is -2.18. The number of nitrogens with one attached hydrogen (secondary N) is 2. The van der Waals surface area contributed by atoms with E-state index in [1.165, 1.54) is 13.8 Å². The molecule has 0 aliphatic carbocycles. The molecule has 7 heteroatoms. The first-order valence-electron chi connectivity index (χ1n) is 9.66. The third-order valence-corrected chi connectivity index (χ3v) is 4.42. The number of ketones is 1. The fourth-order valence-electron chi connectivity index (χ4n) is 2.94. The Morgan fingerprint density at radius 3 is 2.03 bits per heavy atom. The Hall–Kier alpha value is -3.48. The first-order valence-corrected chi connectivity index (χ1v) is 9.66. The average molecular weight is 410 g/mol. The van der Waals surface area contributed by atoms with Crippen molar-refractivity contribution in [3.05, 3.63) is 71.8 Å². The summed E-state index contributed by atoms with van der Waals surface area (Å²) in [5.74, 6) is -1.65. The van der Waals surface area contributed by atoms with Gasteiger partial charge in [0.15, 0.2) is 12.4 Å². The summed E-state index contributed by atoms with van der Waals surface area (Å²) in [6.45, 7) is 2.26. The topological polar surface area (TPSA) is 102 Å². The van der Waals surface area contributed by atoms with Crippen molar-refractivity contribution in [3.8, 4) is 0 Å². The van der Waals surface area contributed by atoms with Crippen LogP contribution in [0.4, 0.5) is 0 Å². The Labute approximate surface area is 175 Å². The van der Waals surface area contributed by atoms with E-state index >= 15 is 0 Å². The zero-order valence-electron chi connectivity index (χ0n) is 17.1. The van der Waals surface area contributed by atoms with Gasteiger partial charge in [-0.1, -0.05) is 60.7 Å². The highest BCUT2D eigenvalue weighted by molar-refractivity contribution is 5.89. The van der Waals surface area contributed by atoms with Gasteiger partial charge in [-0.05, 0) is 24.5 Å². The fourth-order valence-corrected chi connectivity index (χ4v) is 2.94. The Balaban J connectivity index is 1.88. The SMILES string of the molecule is CC(=O)N[C@H](CC(=O)OCC(=O)N[C@H](Cc1ccccc1)C(C)=O)c1ccccc1. The van der Waals surface area contributed by atoms with E-state index in [0.29, 0.717) is 6.42 Å². The zero-order valence-corrected chi connectivity index (χ0v) is 17.1. The van der Waals surface area contributed by atoms with Gasteiger partial charge in [0, 0.05) is 6.92 Å². The molecule has 30 heavy (non-hydrogen) atoms. The molecule has 2 N–H and O–H groups in total. The maximum absolute atomic E-state index is 12.2. The molecule has 0 saturated heterocycles. The molecule has 0 radical (unpaired) electrons. The minimum Gasteiger partial charge on any atom is -0.456 e. The first kappa shape index (κ1) is 22.8. The summed E-state index contributed by atoms with van der Waals surface area (Å²) in [5, 5.41) is 5.31. The number of amides is 2. The van der Waals surface area contributed by atoms with Gasteiger partial charge in [-0.3, -0.25) is 19.2 Å². The summed E-state index contributed by atoms with van der Waals surface area (Å²) >= 11 is 0. The molecule has 0 aliphatic rings. The molecule has 2 rings (SSSR count). The third-order valence-electron chi connectivity index (χ3n) is 4.42. The van der Waals surface area contributed by atoms with Gasteiger partial charge in [-0.15, -0.1) is 0 Å². The summed E-state index contributed by atoms with van der Waals surface area (Å²) in [6.07, 6.45) is 0.242. The summed E-state index contributed by atoms with van der Waals surface area (Å²) < 4.78 is 5.05. The number of Topliss-reactive ketones (excluding diaryl/α,β-unsaturated/α-hetero) is 1. The smallest absolute Gasteiger partial charge is 0.308 e. The Morgan fingerprint density at radius 1 is 0.867 bits per heavy atom. The highest BCUT2D eigenvalue weighted by Gasteiger charge is 2.21. The van der Waals surface area contributed by atoms with Crippen molar-refractivity contribution in [3.63, 3.8) is 0 Å². The van der Waals surface area contributed by atoms with Gasteiger partial charge in [0.1, 0.15) is 0 Å². The number of benzene rings is 2. The number of rotatable bonds is 10. The van der Waals surface area contributed by atoms with Gasteiger partial charge in [0.05, 0.1) is 18.5 Å². The Bertz CT molecular complexity index is 868. The van der Waals surface area contributed by atoms with E-state index in [4.69, 9.17) is 4.74 Å². The molecule has 0 aliphatic heterocycles. The van der Waals surface area contributed by atoms with Gasteiger partial charge in [-0.25, -0.2) is 0 Å². The lowest BCUT2D eigenvalue weighted by Crippen LogP contribution is -2.43.